The predicted octanol–water partition coefficient (Wildman–Crippen LogP) is 17.5. The van der Waals surface area contributed by atoms with Crippen molar-refractivity contribution in [2.24, 2.45) is 0 Å². The molecule has 0 spiro atoms. The molecule has 0 aliphatic carbocycles. The number of carbonyl (C=O) groups is 1. The lowest BCUT2D eigenvalue weighted by Gasteiger charge is -2.04. The molecule has 0 saturated carbocycles. The summed E-state index contributed by atoms with van der Waals surface area (Å²) in [6.45, 7) is 6.89. The number of carboxylic acids is 1. The van der Waals surface area contributed by atoms with Crippen molar-refractivity contribution in [3.8, 4) is 0 Å². The van der Waals surface area contributed by atoms with Gasteiger partial charge < -0.3 is 5.11 Å². The second-order valence-corrected chi connectivity index (χ2v) is 15.6. The monoisotopic (exact) mass is 679 g/mol. The Hall–Kier alpha value is -0.530. The molecule has 0 radical (unpaired) electrons. The molecule has 2 nitrogen and oxygen atoms in total. The molecule has 0 heterocycles. The quantitative estimate of drug-likeness (QED) is 0.0653. The van der Waals surface area contributed by atoms with E-state index < -0.39 is 5.97 Å². The van der Waals surface area contributed by atoms with Gasteiger partial charge in [0.2, 0.25) is 0 Å². The molecular formula is C46H94O2. The highest BCUT2D eigenvalue weighted by atomic mass is 16.4. The highest BCUT2D eigenvalue weighted by molar-refractivity contribution is 5.66. The molecular weight excluding hydrogens is 585 g/mol. The number of aliphatic carboxylic acids is 1. The maximum atomic E-state index is 10.4. The maximum absolute atomic E-state index is 10.4. The van der Waals surface area contributed by atoms with Gasteiger partial charge in [-0.15, -0.1) is 0 Å². The fourth-order valence-electron chi connectivity index (χ4n) is 7.04. The molecule has 0 bridgehead atoms. The van der Waals surface area contributed by atoms with Crippen molar-refractivity contribution in [3.05, 3.63) is 0 Å². The van der Waals surface area contributed by atoms with Crippen LogP contribution in [0.2, 0.25) is 0 Å². The van der Waals surface area contributed by atoms with Crippen molar-refractivity contribution in [1.29, 1.82) is 0 Å². The minimum Gasteiger partial charge on any atom is -0.481 e. The van der Waals surface area contributed by atoms with E-state index in [1.54, 1.807) is 0 Å². The lowest BCUT2D eigenvalue weighted by atomic mass is 10.0. The molecule has 0 aromatic rings. The van der Waals surface area contributed by atoms with Crippen LogP contribution in [0.4, 0.5) is 0 Å². The van der Waals surface area contributed by atoms with E-state index in [4.69, 9.17) is 5.11 Å². The van der Waals surface area contributed by atoms with E-state index in [9.17, 15) is 4.79 Å². The SMILES string of the molecule is CCCCCCCCCCCCCCCCCCCCCC.CCCCCCCCCCCCCCCCCCCCCCCC(=O)O. The minimum absolute atomic E-state index is 0.346. The van der Waals surface area contributed by atoms with Gasteiger partial charge in [-0.05, 0) is 6.42 Å². The fourth-order valence-corrected chi connectivity index (χ4v) is 7.04. The van der Waals surface area contributed by atoms with Gasteiger partial charge in [0, 0.05) is 6.42 Å². The van der Waals surface area contributed by atoms with Gasteiger partial charge in [0.25, 0.3) is 0 Å². The molecule has 0 aliphatic rings. The minimum atomic E-state index is -0.650. The van der Waals surface area contributed by atoms with Crippen molar-refractivity contribution < 1.29 is 9.90 Å². The molecule has 1 N–H and O–H groups in total. The van der Waals surface area contributed by atoms with Crippen LogP contribution in [-0.4, -0.2) is 11.1 Å². The summed E-state index contributed by atoms with van der Waals surface area (Å²) in [6.07, 6.45) is 58.5. The van der Waals surface area contributed by atoms with Gasteiger partial charge in [0.15, 0.2) is 0 Å². The lowest BCUT2D eigenvalue weighted by molar-refractivity contribution is -0.137. The summed E-state index contributed by atoms with van der Waals surface area (Å²) in [4.78, 5) is 10.4. The van der Waals surface area contributed by atoms with Gasteiger partial charge in [-0.2, -0.15) is 0 Å². The molecule has 0 aliphatic heterocycles. The smallest absolute Gasteiger partial charge is 0.303 e. The van der Waals surface area contributed by atoms with Crippen LogP contribution >= 0.6 is 0 Å². The number of carboxylic acid groups (broad SMARTS) is 1. The van der Waals surface area contributed by atoms with Crippen molar-refractivity contribution in [2.75, 3.05) is 0 Å². The highest BCUT2D eigenvalue weighted by Crippen LogP contribution is 2.16. The molecule has 0 unspecified atom stereocenters. The van der Waals surface area contributed by atoms with E-state index in [1.165, 1.54) is 250 Å². The second-order valence-electron chi connectivity index (χ2n) is 15.6. The Kier molecular flexibility index (Phi) is 50.2. The van der Waals surface area contributed by atoms with Crippen molar-refractivity contribution in [3.63, 3.8) is 0 Å². The molecule has 290 valence electrons. The Bertz CT molecular complexity index is 524. The summed E-state index contributed by atoms with van der Waals surface area (Å²) in [5.74, 6) is -0.650. The number of unbranched alkanes of at least 4 members (excludes halogenated alkanes) is 39. The van der Waals surface area contributed by atoms with Crippen LogP contribution in [0.1, 0.15) is 290 Å². The summed E-state index contributed by atoms with van der Waals surface area (Å²) >= 11 is 0. The number of hydrogen-bond acceptors (Lipinski definition) is 1. The molecule has 0 fully saturated rings. The number of rotatable bonds is 41. The predicted molar refractivity (Wildman–Crippen MR) is 219 cm³/mol. The van der Waals surface area contributed by atoms with Crippen LogP contribution in [0.25, 0.3) is 0 Å². The standard InChI is InChI=1S/C24H48O2.C22H46/c1-2-3-4-5-6-7-8-9-10-11-12-13-14-15-16-17-18-19-20-21-22-23-24(25)26;1-3-5-7-9-11-13-15-17-19-21-22-20-18-16-14-12-10-8-6-4-2/h2-23H2,1H3,(H,25,26);3-22H2,1-2H3. The van der Waals surface area contributed by atoms with E-state index >= 15 is 0 Å². The first-order valence-electron chi connectivity index (χ1n) is 22.9. The van der Waals surface area contributed by atoms with Gasteiger partial charge in [0.1, 0.15) is 0 Å². The van der Waals surface area contributed by atoms with Crippen LogP contribution < -0.4 is 0 Å². The zero-order valence-electron chi connectivity index (χ0n) is 34.1. The Labute approximate surface area is 305 Å². The molecule has 48 heavy (non-hydrogen) atoms. The Balaban J connectivity index is 0. The van der Waals surface area contributed by atoms with E-state index in [-0.39, 0.29) is 0 Å². The van der Waals surface area contributed by atoms with Crippen molar-refractivity contribution in [1.82, 2.24) is 0 Å². The average Bonchev–Trinajstić information content (AvgIpc) is 3.08. The van der Waals surface area contributed by atoms with E-state index in [0.29, 0.717) is 6.42 Å². The van der Waals surface area contributed by atoms with Crippen LogP contribution in [0.5, 0.6) is 0 Å². The van der Waals surface area contributed by atoms with Gasteiger partial charge >= 0.3 is 5.97 Å². The molecule has 0 aromatic heterocycles. The summed E-state index contributed by atoms with van der Waals surface area (Å²) < 4.78 is 0. The Morgan fingerprint density at radius 3 is 0.500 bits per heavy atom. The average molecular weight is 679 g/mol. The third-order valence-corrected chi connectivity index (χ3v) is 10.5. The Morgan fingerprint density at radius 1 is 0.250 bits per heavy atom. The first kappa shape index (κ1) is 49.6. The van der Waals surface area contributed by atoms with Gasteiger partial charge in [-0.3, -0.25) is 4.79 Å². The summed E-state index contributed by atoms with van der Waals surface area (Å²) in [6, 6.07) is 0. The normalized spacial score (nSPS) is 11.1. The third-order valence-electron chi connectivity index (χ3n) is 10.5. The van der Waals surface area contributed by atoms with Crippen LogP contribution in [0.3, 0.4) is 0 Å². The van der Waals surface area contributed by atoms with Gasteiger partial charge in [-0.1, -0.05) is 278 Å². The first-order chi connectivity index (χ1) is 23.7. The first-order valence-corrected chi connectivity index (χ1v) is 22.9. The van der Waals surface area contributed by atoms with Crippen molar-refractivity contribution in [2.45, 2.75) is 290 Å². The van der Waals surface area contributed by atoms with E-state index in [1.807, 2.05) is 0 Å². The van der Waals surface area contributed by atoms with E-state index in [0.717, 1.165) is 12.8 Å². The molecule has 0 rings (SSSR count). The number of hydrogen-bond donors (Lipinski definition) is 1. The summed E-state index contributed by atoms with van der Waals surface area (Å²) in [7, 11) is 0. The molecule has 0 atom stereocenters. The lowest BCUT2D eigenvalue weighted by Crippen LogP contribution is -1.93. The second kappa shape index (κ2) is 48.6. The molecule has 0 amide bonds. The zero-order chi connectivity index (χ0) is 35.3. The van der Waals surface area contributed by atoms with Crippen LogP contribution in [0.15, 0.2) is 0 Å². The molecule has 0 aromatic carbocycles. The zero-order valence-corrected chi connectivity index (χ0v) is 34.1. The Morgan fingerprint density at radius 2 is 0.375 bits per heavy atom. The topological polar surface area (TPSA) is 37.3 Å². The molecule has 2 heteroatoms. The van der Waals surface area contributed by atoms with Gasteiger partial charge in [-0.25, -0.2) is 0 Å². The van der Waals surface area contributed by atoms with E-state index in [2.05, 4.69) is 20.8 Å². The van der Waals surface area contributed by atoms with Crippen molar-refractivity contribution >= 4 is 5.97 Å². The summed E-state index contributed by atoms with van der Waals surface area (Å²) in [5.41, 5.74) is 0. The highest BCUT2D eigenvalue weighted by Gasteiger charge is 1.98. The largest absolute Gasteiger partial charge is 0.481 e. The van der Waals surface area contributed by atoms with Crippen LogP contribution in [0, 0.1) is 0 Å². The third kappa shape index (κ3) is 52.3. The van der Waals surface area contributed by atoms with Crippen LogP contribution in [-0.2, 0) is 4.79 Å². The fraction of sp³-hybridized carbons (Fsp3) is 0.978. The summed E-state index contributed by atoms with van der Waals surface area (Å²) in [5, 5.41) is 8.57. The molecule has 0 saturated heterocycles. The van der Waals surface area contributed by atoms with Gasteiger partial charge in [0.05, 0.1) is 0 Å². The maximum Gasteiger partial charge on any atom is 0.303 e.